The van der Waals surface area contributed by atoms with E-state index in [1.54, 1.807) is 25.1 Å². The van der Waals surface area contributed by atoms with Gasteiger partial charge in [-0.15, -0.1) is 0 Å². The van der Waals surface area contributed by atoms with Gasteiger partial charge < -0.3 is 20.6 Å². The Morgan fingerprint density at radius 1 is 1.05 bits per heavy atom. The molecule has 2 amide bonds. The standard InChI is InChI=1S/C39H32F7N7O3S/c1-36(56)15-52(16-36)35-49-33-27(57-35)13-22(18-2-4-24-23(11-18)34(55)50-37(24)6-7-37)30(48-33)26(10-17-8-19(40)12-20(41)9-17)47-28(54)14-53-32-29(31(51-53)39(44,45)46)21-3-5-25(21)38(32,42)43/h2,4,8-9,11-13,21,25-26,56H,3,5-7,10,14-16H2,1H3,(H,47,54)(H,50,55)/t21-,25+,26-/m0/s1. The van der Waals surface area contributed by atoms with Gasteiger partial charge in [-0.1, -0.05) is 23.5 Å². The Balaban J connectivity index is 1.08. The largest absolute Gasteiger partial charge is 0.435 e. The Labute approximate surface area is 323 Å². The number of thiazole rings is 1. The van der Waals surface area contributed by atoms with Gasteiger partial charge in [-0.2, -0.15) is 32.0 Å². The first kappa shape index (κ1) is 36.3. The summed E-state index contributed by atoms with van der Waals surface area (Å²) in [6.07, 6.45) is -3.61. The minimum absolute atomic E-state index is 0.0276. The van der Waals surface area contributed by atoms with Crippen molar-refractivity contribution in [1.29, 1.82) is 0 Å². The van der Waals surface area contributed by atoms with Crippen LogP contribution >= 0.6 is 11.3 Å². The first-order chi connectivity index (χ1) is 26.9. The topological polar surface area (TPSA) is 125 Å². The van der Waals surface area contributed by atoms with Crippen molar-refractivity contribution in [3.8, 4) is 11.1 Å². The number of amides is 2. The van der Waals surface area contributed by atoms with Crippen LogP contribution in [-0.4, -0.2) is 55.4 Å². The van der Waals surface area contributed by atoms with Crippen LogP contribution < -0.4 is 15.5 Å². The number of pyridine rings is 1. The number of carbonyl (C=O) groups excluding carboxylic acids is 2. The van der Waals surface area contributed by atoms with E-state index < -0.39 is 82.2 Å². The zero-order valence-electron chi connectivity index (χ0n) is 30.0. The molecule has 2 saturated carbocycles. The molecule has 3 N–H and O–H groups in total. The first-order valence-corrected chi connectivity index (χ1v) is 19.3. The highest BCUT2D eigenvalue weighted by Gasteiger charge is 2.63. The van der Waals surface area contributed by atoms with E-state index in [4.69, 9.17) is 4.98 Å². The van der Waals surface area contributed by atoms with Gasteiger partial charge in [-0.25, -0.2) is 13.8 Å². The van der Waals surface area contributed by atoms with Crippen LogP contribution in [0.4, 0.5) is 35.9 Å². The second-order valence-corrected chi connectivity index (χ2v) is 17.2. The van der Waals surface area contributed by atoms with Crippen molar-refractivity contribution in [2.45, 2.75) is 80.8 Å². The summed E-state index contributed by atoms with van der Waals surface area (Å²) in [5.41, 5.74) is -1.67. The Bertz CT molecular complexity index is 2540. The molecule has 5 aromatic rings. The van der Waals surface area contributed by atoms with E-state index in [-0.39, 0.29) is 42.1 Å². The first-order valence-electron chi connectivity index (χ1n) is 18.5. The smallest absolute Gasteiger partial charge is 0.386 e. The molecule has 0 bridgehead atoms. The Kier molecular flexibility index (Phi) is 7.61. The molecule has 3 aromatic heterocycles. The van der Waals surface area contributed by atoms with Crippen LogP contribution in [-0.2, 0) is 35.4 Å². The Hall–Kier alpha value is -5.10. The average molecular weight is 812 g/mol. The van der Waals surface area contributed by atoms with Crippen LogP contribution in [0.1, 0.15) is 88.7 Å². The average Bonchev–Trinajstić information content (AvgIpc) is 3.37. The summed E-state index contributed by atoms with van der Waals surface area (Å²) in [6.45, 7) is 1.30. The van der Waals surface area contributed by atoms with Crippen molar-refractivity contribution in [1.82, 2.24) is 30.4 Å². The monoisotopic (exact) mass is 811 g/mol. The van der Waals surface area contributed by atoms with E-state index in [0.29, 0.717) is 50.4 Å². The molecule has 0 radical (unpaired) electrons. The number of rotatable bonds is 8. The fourth-order valence-corrected chi connectivity index (χ4v) is 10.1. The number of halogens is 7. The Morgan fingerprint density at radius 2 is 1.79 bits per heavy atom. The number of nitrogens with zero attached hydrogens (tertiary/aromatic N) is 5. The number of aromatic nitrogens is 4. The molecule has 2 aromatic carbocycles. The molecule has 18 heteroatoms. The van der Waals surface area contributed by atoms with Gasteiger partial charge in [-0.05, 0) is 85.9 Å². The van der Waals surface area contributed by atoms with Gasteiger partial charge in [0.15, 0.2) is 16.5 Å². The number of anilines is 1. The normalized spacial score (nSPS) is 22.4. The molecule has 57 heavy (non-hydrogen) atoms. The van der Waals surface area contributed by atoms with E-state index in [1.165, 1.54) is 11.3 Å². The molecule has 296 valence electrons. The number of β-amino-alcohol motifs (C(OH)–C–C–N with tert-alkyl or cyclic N) is 1. The van der Waals surface area contributed by atoms with Crippen molar-refractivity contribution in [2.75, 3.05) is 18.0 Å². The lowest BCUT2D eigenvalue weighted by Crippen LogP contribution is -2.60. The van der Waals surface area contributed by atoms with Crippen LogP contribution in [0.5, 0.6) is 0 Å². The van der Waals surface area contributed by atoms with Gasteiger partial charge in [0.25, 0.3) is 11.8 Å². The predicted molar refractivity (Wildman–Crippen MR) is 192 cm³/mol. The molecule has 3 aliphatic carbocycles. The second kappa shape index (κ2) is 12.0. The van der Waals surface area contributed by atoms with Crippen LogP contribution in [0, 0.1) is 17.6 Å². The maximum Gasteiger partial charge on any atom is 0.435 e. The molecule has 5 heterocycles. The minimum Gasteiger partial charge on any atom is -0.386 e. The quantitative estimate of drug-likeness (QED) is 0.147. The minimum atomic E-state index is -5.05. The number of alkyl halides is 5. The molecule has 3 fully saturated rings. The Morgan fingerprint density at radius 3 is 2.44 bits per heavy atom. The summed E-state index contributed by atoms with van der Waals surface area (Å²) in [5, 5.41) is 20.2. The van der Waals surface area contributed by atoms with Crippen molar-refractivity contribution in [2.24, 2.45) is 5.92 Å². The summed E-state index contributed by atoms with van der Waals surface area (Å²) >= 11 is 1.29. The van der Waals surface area contributed by atoms with Crippen molar-refractivity contribution in [3.63, 3.8) is 0 Å². The summed E-state index contributed by atoms with van der Waals surface area (Å²) < 4.78 is 104. The lowest BCUT2D eigenvalue weighted by atomic mass is 9.73. The maximum absolute atomic E-state index is 15.6. The van der Waals surface area contributed by atoms with Crippen LogP contribution in [0.3, 0.4) is 0 Å². The van der Waals surface area contributed by atoms with Gasteiger partial charge in [-0.3, -0.25) is 14.3 Å². The third kappa shape index (κ3) is 5.80. The van der Waals surface area contributed by atoms with Gasteiger partial charge in [0.2, 0.25) is 5.91 Å². The number of hydrogen-bond acceptors (Lipinski definition) is 8. The molecule has 2 aliphatic heterocycles. The molecule has 10 nitrogen and oxygen atoms in total. The third-order valence-electron chi connectivity index (χ3n) is 11.9. The molecule has 0 unspecified atom stereocenters. The number of hydrogen-bond donors (Lipinski definition) is 3. The van der Waals surface area contributed by atoms with Gasteiger partial charge in [0, 0.05) is 28.7 Å². The van der Waals surface area contributed by atoms with Crippen molar-refractivity contribution in [3.05, 3.63) is 93.4 Å². The highest BCUT2D eigenvalue weighted by atomic mass is 32.1. The molecule has 5 aliphatic rings. The zero-order chi connectivity index (χ0) is 40.0. The molecular weight excluding hydrogens is 780 g/mol. The SMILES string of the molecule is CC1(O)CN(c2nc3nc([C@H](Cc4cc(F)cc(F)c4)NC(=O)Cn4nc(C(F)(F)F)c5c4C(F)(F)[C@@H]4CC[C@H]54)c(-c4ccc5c(c4)C(=O)NC54CC4)cc3s2)C1. The van der Waals surface area contributed by atoms with E-state index in [2.05, 4.69) is 20.7 Å². The molecule has 1 saturated heterocycles. The zero-order valence-corrected chi connectivity index (χ0v) is 30.8. The lowest BCUT2D eigenvalue weighted by Gasteiger charge is -2.43. The maximum atomic E-state index is 15.6. The highest BCUT2D eigenvalue weighted by molar-refractivity contribution is 7.22. The number of carbonyl (C=O) groups is 2. The number of benzene rings is 2. The summed E-state index contributed by atoms with van der Waals surface area (Å²) in [7, 11) is 0. The van der Waals surface area contributed by atoms with Crippen LogP contribution in [0.25, 0.3) is 21.5 Å². The highest BCUT2D eigenvalue weighted by Crippen LogP contribution is 2.64. The van der Waals surface area contributed by atoms with Crippen LogP contribution in [0.15, 0.2) is 42.5 Å². The summed E-state index contributed by atoms with van der Waals surface area (Å²) in [5.74, 6) is -9.11. The molecule has 3 atom stereocenters. The van der Waals surface area contributed by atoms with Crippen LogP contribution in [0.2, 0.25) is 0 Å². The fraction of sp³-hybridized carbons (Fsp3) is 0.410. The number of nitrogens with one attached hydrogen (secondary N) is 2. The summed E-state index contributed by atoms with van der Waals surface area (Å²) in [6, 6.07) is 8.61. The van der Waals surface area contributed by atoms with E-state index in [1.807, 2.05) is 11.0 Å². The number of aliphatic hydroxyl groups is 1. The van der Waals surface area contributed by atoms with Gasteiger partial charge in [0.1, 0.15) is 23.9 Å². The van der Waals surface area contributed by atoms with E-state index >= 15 is 8.78 Å². The van der Waals surface area contributed by atoms with Crippen molar-refractivity contribution < 1.29 is 45.4 Å². The van der Waals surface area contributed by atoms with Crippen molar-refractivity contribution >= 4 is 38.6 Å². The molecular formula is C39H32F7N7O3S. The van der Waals surface area contributed by atoms with E-state index in [9.17, 15) is 36.6 Å². The molecule has 1 spiro atoms. The summed E-state index contributed by atoms with van der Waals surface area (Å²) in [4.78, 5) is 38.5. The third-order valence-corrected chi connectivity index (χ3v) is 13.0. The fourth-order valence-electron chi connectivity index (χ4n) is 9.11. The predicted octanol–water partition coefficient (Wildman–Crippen LogP) is 6.85. The number of fused-ring (bicyclic) bond motifs is 6. The lowest BCUT2D eigenvalue weighted by molar-refractivity contribution is -0.144. The molecule has 10 rings (SSSR count). The van der Waals surface area contributed by atoms with Gasteiger partial charge >= 0.3 is 6.18 Å². The van der Waals surface area contributed by atoms with Gasteiger partial charge in [0.05, 0.1) is 40.7 Å². The second-order valence-electron chi connectivity index (χ2n) is 16.2. The van der Waals surface area contributed by atoms with E-state index in [0.717, 1.165) is 30.5 Å².